The van der Waals surface area contributed by atoms with Crippen molar-refractivity contribution in [2.24, 2.45) is 4.99 Å². The first-order valence-electron chi connectivity index (χ1n) is 7.10. The second-order valence-corrected chi connectivity index (χ2v) is 5.15. The lowest BCUT2D eigenvalue weighted by Gasteiger charge is -2.31. The molecule has 0 amide bonds. The molecule has 1 aromatic carbocycles. The predicted molar refractivity (Wildman–Crippen MR) is 88.0 cm³/mol. The molecular weight excluding hydrogens is 314 g/mol. The molecule has 0 radical (unpaired) electrons. The number of methoxy groups -OCH3 is 3. The van der Waals surface area contributed by atoms with E-state index in [1.807, 2.05) is 0 Å². The fraction of sp³-hybridized carbons (Fsp3) is 0.250. The van der Waals surface area contributed by atoms with Crippen molar-refractivity contribution in [3.05, 3.63) is 30.0 Å². The molecule has 0 aliphatic carbocycles. The van der Waals surface area contributed by atoms with E-state index in [0.29, 0.717) is 34.3 Å². The summed E-state index contributed by atoms with van der Waals surface area (Å²) >= 11 is 0. The van der Waals surface area contributed by atoms with Gasteiger partial charge < -0.3 is 29.6 Å². The number of carboxylic acid groups (broad SMARTS) is 1. The van der Waals surface area contributed by atoms with Crippen LogP contribution < -0.4 is 19.5 Å². The third-order valence-electron chi connectivity index (χ3n) is 3.90. The minimum Gasteiger partial charge on any atom is -0.493 e. The number of nitrogens with one attached hydrogen (secondary N) is 2. The molecular formula is C16H17N3O5. The van der Waals surface area contributed by atoms with E-state index in [4.69, 9.17) is 14.2 Å². The first-order chi connectivity index (χ1) is 11.6. The summed E-state index contributed by atoms with van der Waals surface area (Å²) in [5.41, 5.74) is -0.559. The van der Waals surface area contributed by atoms with Gasteiger partial charge >= 0.3 is 5.97 Å². The number of aromatic nitrogens is 1. The Kier molecular flexibility index (Phi) is 3.80. The number of fused-ring (bicyclic) bond motifs is 1. The highest BCUT2D eigenvalue weighted by Crippen LogP contribution is 2.43. The van der Waals surface area contributed by atoms with Gasteiger partial charge in [-0.3, -0.25) is 0 Å². The fourth-order valence-corrected chi connectivity index (χ4v) is 2.66. The van der Waals surface area contributed by atoms with Gasteiger partial charge in [0.2, 0.25) is 5.75 Å². The second kappa shape index (κ2) is 5.80. The lowest BCUT2D eigenvalue weighted by Crippen LogP contribution is -2.46. The van der Waals surface area contributed by atoms with Gasteiger partial charge in [0.05, 0.1) is 27.0 Å². The summed E-state index contributed by atoms with van der Waals surface area (Å²) in [7, 11) is 4.43. The van der Waals surface area contributed by atoms with Crippen LogP contribution in [0.15, 0.2) is 29.4 Å². The minimum absolute atomic E-state index is 0.363. The molecule has 0 saturated heterocycles. The SMILES string of the molecule is COc1cc(C2(C(=O)O)C=Nc3[nH]ccc3N2)cc(OC)c1OC. The maximum absolute atomic E-state index is 12.1. The number of carboxylic acids is 1. The highest BCUT2D eigenvalue weighted by molar-refractivity contribution is 6.06. The topological polar surface area (TPSA) is 105 Å². The van der Waals surface area contributed by atoms with Gasteiger partial charge in [0.25, 0.3) is 0 Å². The molecule has 1 atom stereocenters. The van der Waals surface area contributed by atoms with Crippen LogP contribution in [0.25, 0.3) is 0 Å². The Morgan fingerprint density at radius 1 is 1.17 bits per heavy atom. The Bertz CT molecular complexity index is 789. The summed E-state index contributed by atoms with van der Waals surface area (Å²) < 4.78 is 15.9. The number of aromatic amines is 1. The van der Waals surface area contributed by atoms with E-state index < -0.39 is 11.5 Å². The largest absolute Gasteiger partial charge is 0.493 e. The minimum atomic E-state index is -1.55. The van der Waals surface area contributed by atoms with Crippen molar-refractivity contribution in [2.75, 3.05) is 26.6 Å². The number of hydrogen-bond acceptors (Lipinski definition) is 6. The lowest BCUT2D eigenvalue weighted by atomic mass is 9.89. The van der Waals surface area contributed by atoms with Crippen LogP contribution in [-0.4, -0.2) is 43.6 Å². The van der Waals surface area contributed by atoms with Crippen LogP contribution in [0.3, 0.4) is 0 Å². The van der Waals surface area contributed by atoms with Gasteiger partial charge in [-0.05, 0) is 18.2 Å². The number of aliphatic carboxylic acids is 1. The normalized spacial score (nSPS) is 18.5. The summed E-state index contributed by atoms with van der Waals surface area (Å²) in [6.07, 6.45) is 3.02. The van der Waals surface area contributed by atoms with Gasteiger partial charge in [-0.2, -0.15) is 0 Å². The van der Waals surface area contributed by atoms with Gasteiger partial charge in [0, 0.05) is 18.0 Å². The Morgan fingerprint density at radius 3 is 2.38 bits per heavy atom. The number of nitrogens with zero attached hydrogens (tertiary/aromatic N) is 1. The second-order valence-electron chi connectivity index (χ2n) is 5.15. The average molecular weight is 331 g/mol. The number of carbonyl (C=O) groups is 1. The number of hydrogen-bond donors (Lipinski definition) is 3. The van der Waals surface area contributed by atoms with Gasteiger partial charge in [-0.25, -0.2) is 9.79 Å². The quantitative estimate of drug-likeness (QED) is 0.775. The van der Waals surface area contributed by atoms with Gasteiger partial charge in [0.15, 0.2) is 22.9 Å². The molecule has 3 N–H and O–H groups in total. The number of rotatable bonds is 5. The summed E-state index contributed by atoms with van der Waals surface area (Å²) in [4.78, 5) is 19.2. The number of benzene rings is 1. The van der Waals surface area contributed by atoms with Crippen LogP contribution in [0.4, 0.5) is 11.5 Å². The molecule has 0 spiro atoms. The smallest absolute Gasteiger partial charge is 0.339 e. The van der Waals surface area contributed by atoms with Gasteiger partial charge in [-0.1, -0.05) is 0 Å². The number of H-pyrrole nitrogens is 1. The average Bonchev–Trinajstić information content (AvgIpc) is 3.07. The van der Waals surface area contributed by atoms with Gasteiger partial charge in [0.1, 0.15) is 0 Å². The van der Waals surface area contributed by atoms with Crippen molar-refractivity contribution in [1.29, 1.82) is 0 Å². The van der Waals surface area contributed by atoms with Crippen molar-refractivity contribution >= 4 is 23.7 Å². The maximum Gasteiger partial charge on any atom is 0.339 e. The predicted octanol–water partition coefficient (Wildman–Crippen LogP) is 2.15. The Balaban J connectivity index is 2.19. The molecule has 0 bridgehead atoms. The van der Waals surface area contributed by atoms with Crippen LogP contribution in [0.5, 0.6) is 17.2 Å². The van der Waals surface area contributed by atoms with Crippen molar-refractivity contribution in [1.82, 2.24) is 4.98 Å². The van der Waals surface area contributed by atoms with Crippen LogP contribution >= 0.6 is 0 Å². The van der Waals surface area contributed by atoms with E-state index in [9.17, 15) is 9.90 Å². The standard InChI is InChI=1S/C16H17N3O5/c1-22-11-6-9(7-12(23-2)13(11)24-3)16(15(20)21)8-18-14-10(19-16)4-5-17-14/h4-8,17,19H,1-3H3,(H,20,21). The molecule has 1 aliphatic rings. The number of ether oxygens (including phenoxy) is 3. The fourth-order valence-electron chi connectivity index (χ4n) is 2.66. The van der Waals surface area contributed by atoms with Crippen LogP contribution in [0.1, 0.15) is 5.56 Å². The van der Waals surface area contributed by atoms with E-state index in [1.165, 1.54) is 27.5 Å². The highest BCUT2D eigenvalue weighted by Gasteiger charge is 2.43. The zero-order valence-corrected chi connectivity index (χ0v) is 13.4. The van der Waals surface area contributed by atoms with Crippen LogP contribution in [0, 0.1) is 0 Å². The first kappa shape index (κ1) is 15.7. The molecule has 24 heavy (non-hydrogen) atoms. The van der Waals surface area contributed by atoms with E-state index in [2.05, 4.69) is 15.3 Å². The molecule has 126 valence electrons. The summed E-state index contributed by atoms with van der Waals surface area (Å²) in [6.45, 7) is 0. The molecule has 2 heterocycles. The van der Waals surface area contributed by atoms with Crippen molar-refractivity contribution in [2.45, 2.75) is 5.54 Å². The summed E-state index contributed by atoms with van der Waals surface area (Å²) in [5, 5.41) is 12.9. The molecule has 1 aromatic heterocycles. The summed E-state index contributed by atoms with van der Waals surface area (Å²) in [5.74, 6) is 0.580. The Morgan fingerprint density at radius 2 is 1.83 bits per heavy atom. The van der Waals surface area contributed by atoms with E-state index in [-0.39, 0.29) is 0 Å². The van der Waals surface area contributed by atoms with Crippen molar-refractivity contribution in [3.63, 3.8) is 0 Å². The molecule has 0 fully saturated rings. The molecule has 1 aliphatic heterocycles. The van der Waals surface area contributed by atoms with Crippen LogP contribution in [0.2, 0.25) is 0 Å². The van der Waals surface area contributed by atoms with E-state index >= 15 is 0 Å². The monoisotopic (exact) mass is 331 g/mol. The first-order valence-corrected chi connectivity index (χ1v) is 7.10. The number of aliphatic imine (C=N–C) groups is 1. The Hall–Kier alpha value is -3.16. The third-order valence-corrected chi connectivity index (χ3v) is 3.90. The molecule has 2 aromatic rings. The summed E-state index contributed by atoms with van der Waals surface area (Å²) in [6, 6.07) is 4.90. The molecule has 3 rings (SSSR count). The van der Waals surface area contributed by atoms with Crippen molar-refractivity contribution < 1.29 is 24.1 Å². The maximum atomic E-state index is 12.1. The lowest BCUT2D eigenvalue weighted by molar-refractivity contribution is -0.140. The van der Waals surface area contributed by atoms with E-state index in [0.717, 1.165) is 0 Å². The zero-order valence-electron chi connectivity index (χ0n) is 13.4. The molecule has 8 nitrogen and oxygen atoms in total. The highest BCUT2D eigenvalue weighted by atomic mass is 16.5. The third kappa shape index (κ3) is 2.23. The molecule has 1 unspecified atom stereocenters. The molecule has 0 saturated carbocycles. The van der Waals surface area contributed by atoms with Crippen molar-refractivity contribution in [3.8, 4) is 17.2 Å². The zero-order chi connectivity index (χ0) is 17.3. The van der Waals surface area contributed by atoms with Gasteiger partial charge in [-0.15, -0.1) is 0 Å². The van der Waals surface area contributed by atoms with Crippen LogP contribution in [-0.2, 0) is 10.3 Å². The molecule has 8 heteroatoms. The number of anilines is 1. The Labute approximate surface area is 138 Å². The van der Waals surface area contributed by atoms with E-state index in [1.54, 1.807) is 24.4 Å².